The molecule has 2 aromatic carbocycles. The number of aliphatic hydroxyl groups is 1. The molecule has 0 saturated carbocycles. The van der Waals surface area contributed by atoms with Crippen molar-refractivity contribution in [2.75, 3.05) is 6.54 Å². The highest BCUT2D eigenvalue weighted by molar-refractivity contribution is 5.78. The normalized spacial score (nSPS) is 12.0. The van der Waals surface area contributed by atoms with Gasteiger partial charge in [-0.15, -0.1) is 0 Å². The van der Waals surface area contributed by atoms with Crippen molar-refractivity contribution in [1.29, 1.82) is 0 Å². The smallest absolute Gasteiger partial charge is 0.224 e. The summed E-state index contributed by atoms with van der Waals surface area (Å²) in [6, 6.07) is 10.9. The Balaban J connectivity index is 1.90. The summed E-state index contributed by atoms with van der Waals surface area (Å²) in [5, 5.41) is 22.1. The number of carbonyl (C=O) groups excluding carboxylic acids is 1. The summed E-state index contributed by atoms with van der Waals surface area (Å²) in [5.74, 6) is -0.678. The molecule has 1 unspecified atom stereocenters. The van der Waals surface area contributed by atoms with Gasteiger partial charge in [0, 0.05) is 12.1 Å². The maximum absolute atomic E-state index is 13.5. The summed E-state index contributed by atoms with van der Waals surface area (Å²) in [5.41, 5.74) is 1.55. The number of aliphatic hydroxyl groups excluding tert-OH is 1. The van der Waals surface area contributed by atoms with Crippen molar-refractivity contribution in [3.8, 4) is 5.75 Å². The van der Waals surface area contributed by atoms with Crippen molar-refractivity contribution >= 4 is 5.91 Å². The molecule has 1 atom stereocenters. The summed E-state index contributed by atoms with van der Waals surface area (Å²) < 4.78 is 13.5. The number of hydrogen-bond acceptors (Lipinski definition) is 3. The van der Waals surface area contributed by atoms with Crippen LogP contribution in [0.4, 0.5) is 4.39 Å². The van der Waals surface area contributed by atoms with Gasteiger partial charge in [0.25, 0.3) is 0 Å². The number of rotatable bonds is 5. The predicted octanol–water partition coefficient (Wildman–Crippen LogP) is 2.23. The van der Waals surface area contributed by atoms with Crippen LogP contribution in [0.3, 0.4) is 0 Å². The number of halogens is 1. The summed E-state index contributed by atoms with van der Waals surface area (Å²) in [6.07, 6.45) is -1.02. The number of hydrogen-bond donors (Lipinski definition) is 3. The summed E-state index contributed by atoms with van der Waals surface area (Å²) in [7, 11) is 0. The summed E-state index contributed by atoms with van der Waals surface area (Å²) in [4.78, 5) is 11.8. The molecule has 3 N–H and O–H groups in total. The van der Waals surface area contributed by atoms with Crippen LogP contribution in [-0.2, 0) is 11.2 Å². The van der Waals surface area contributed by atoms with Crippen molar-refractivity contribution < 1.29 is 19.4 Å². The molecule has 116 valence electrons. The second-order valence-electron chi connectivity index (χ2n) is 5.14. The summed E-state index contributed by atoms with van der Waals surface area (Å²) in [6.45, 7) is 1.70. The Bertz CT molecular complexity index is 673. The second kappa shape index (κ2) is 7.04. The van der Waals surface area contributed by atoms with Gasteiger partial charge in [0.2, 0.25) is 5.91 Å². The number of phenols is 1. The summed E-state index contributed by atoms with van der Waals surface area (Å²) >= 11 is 0. The Morgan fingerprint density at radius 3 is 2.68 bits per heavy atom. The molecule has 0 aliphatic rings. The SMILES string of the molecule is Cc1ccc(CC(=O)NCC(O)c2ccccc2F)cc1O. The van der Waals surface area contributed by atoms with Gasteiger partial charge in [-0.25, -0.2) is 4.39 Å². The van der Waals surface area contributed by atoms with Crippen LogP contribution in [0.5, 0.6) is 5.75 Å². The van der Waals surface area contributed by atoms with E-state index >= 15 is 0 Å². The zero-order chi connectivity index (χ0) is 16.1. The molecule has 0 saturated heterocycles. The third-order valence-corrected chi connectivity index (χ3v) is 3.40. The van der Waals surface area contributed by atoms with Gasteiger partial charge in [0.15, 0.2) is 0 Å². The zero-order valence-corrected chi connectivity index (χ0v) is 12.2. The number of nitrogens with one attached hydrogen (secondary N) is 1. The monoisotopic (exact) mass is 303 g/mol. The standard InChI is InChI=1S/C17H18FNO3/c1-11-6-7-12(8-15(11)20)9-17(22)19-10-16(21)13-4-2-3-5-14(13)18/h2-8,16,20-21H,9-10H2,1H3,(H,19,22). The average Bonchev–Trinajstić information content (AvgIpc) is 2.49. The second-order valence-corrected chi connectivity index (χ2v) is 5.14. The third-order valence-electron chi connectivity index (χ3n) is 3.40. The molecule has 5 heteroatoms. The van der Waals surface area contributed by atoms with Crippen LogP contribution in [0, 0.1) is 12.7 Å². The van der Waals surface area contributed by atoms with Gasteiger partial charge in [-0.05, 0) is 30.2 Å². The number of carbonyl (C=O) groups is 1. The third kappa shape index (κ3) is 4.05. The van der Waals surface area contributed by atoms with Gasteiger partial charge in [-0.3, -0.25) is 4.79 Å². The van der Waals surface area contributed by atoms with E-state index in [0.29, 0.717) is 5.56 Å². The van der Waals surface area contributed by atoms with Crippen LogP contribution in [0.2, 0.25) is 0 Å². The Hall–Kier alpha value is -2.40. The first kappa shape index (κ1) is 16.0. The topological polar surface area (TPSA) is 69.6 Å². The first-order chi connectivity index (χ1) is 10.5. The fraction of sp³-hybridized carbons (Fsp3) is 0.235. The van der Waals surface area contributed by atoms with Crippen LogP contribution in [0.1, 0.15) is 22.8 Å². The molecule has 0 bridgehead atoms. The van der Waals surface area contributed by atoms with Gasteiger partial charge in [0.1, 0.15) is 11.6 Å². The average molecular weight is 303 g/mol. The van der Waals surface area contributed by atoms with Gasteiger partial charge >= 0.3 is 0 Å². The molecule has 0 aliphatic heterocycles. The van der Waals surface area contributed by atoms with E-state index in [1.54, 1.807) is 25.1 Å². The van der Waals surface area contributed by atoms with Crippen LogP contribution in [0.25, 0.3) is 0 Å². The maximum atomic E-state index is 13.5. The molecule has 4 nitrogen and oxygen atoms in total. The van der Waals surface area contributed by atoms with E-state index in [2.05, 4.69) is 5.32 Å². The lowest BCUT2D eigenvalue weighted by Crippen LogP contribution is -2.30. The van der Waals surface area contributed by atoms with E-state index in [9.17, 15) is 19.4 Å². The minimum atomic E-state index is -1.10. The molecule has 22 heavy (non-hydrogen) atoms. The van der Waals surface area contributed by atoms with E-state index < -0.39 is 11.9 Å². The molecular weight excluding hydrogens is 285 g/mol. The lowest BCUT2D eigenvalue weighted by molar-refractivity contribution is -0.120. The van der Waals surface area contributed by atoms with Crippen molar-refractivity contribution in [2.45, 2.75) is 19.4 Å². The van der Waals surface area contributed by atoms with E-state index in [4.69, 9.17) is 0 Å². The van der Waals surface area contributed by atoms with Crippen molar-refractivity contribution in [3.05, 3.63) is 65.0 Å². The number of phenolic OH excluding ortho intramolecular Hbond substituents is 1. The number of aromatic hydroxyl groups is 1. The molecule has 2 aromatic rings. The van der Waals surface area contributed by atoms with E-state index in [1.807, 2.05) is 0 Å². The van der Waals surface area contributed by atoms with Crippen LogP contribution in [0.15, 0.2) is 42.5 Å². The molecule has 0 aromatic heterocycles. The van der Waals surface area contributed by atoms with E-state index in [-0.39, 0.29) is 30.2 Å². The zero-order valence-electron chi connectivity index (χ0n) is 12.2. The van der Waals surface area contributed by atoms with Crippen LogP contribution in [-0.4, -0.2) is 22.7 Å². The Morgan fingerprint density at radius 1 is 1.27 bits per heavy atom. The van der Waals surface area contributed by atoms with Crippen LogP contribution >= 0.6 is 0 Å². The lowest BCUT2D eigenvalue weighted by Gasteiger charge is -2.13. The number of benzene rings is 2. The molecule has 0 radical (unpaired) electrons. The van der Waals surface area contributed by atoms with Crippen molar-refractivity contribution in [3.63, 3.8) is 0 Å². The fourth-order valence-electron chi connectivity index (χ4n) is 2.08. The maximum Gasteiger partial charge on any atom is 0.224 e. The Morgan fingerprint density at radius 2 is 2.00 bits per heavy atom. The largest absolute Gasteiger partial charge is 0.508 e. The van der Waals surface area contributed by atoms with E-state index in [0.717, 1.165) is 5.56 Å². The lowest BCUT2D eigenvalue weighted by atomic mass is 10.1. The fourth-order valence-corrected chi connectivity index (χ4v) is 2.08. The van der Waals surface area contributed by atoms with Crippen molar-refractivity contribution in [2.24, 2.45) is 0 Å². The Labute approximate surface area is 128 Å². The highest BCUT2D eigenvalue weighted by Crippen LogP contribution is 2.18. The minimum absolute atomic E-state index is 0.0718. The first-order valence-corrected chi connectivity index (χ1v) is 6.95. The molecular formula is C17H18FNO3. The quantitative estimate of drug-likeness (QED) is 0.793. The van der Waals surface area contributed by atoms with Crippen LogP contribution < -0.4 is 5.32 Å². The molecule has 1 amide bonds. The van der Waals surface area contributed by atoms with Gasteiger partial charge < -0.3 is 15.5 Å². The van der Waals surface area contributed by atoms with Gasteiger partial charge in [-0.1, -0.05) is 30.3 Å². The highest BCUT2D eigenvalue weighted by atomic mass is 19.1. The molecule has 0 fully saturated rings. The van der Waals surface area contributed by atoms with Crippen molar-refractivity contribution in [1.82, 2.24) is 5.32 Å². The molecule has 0 aliphatic carbocycles. The van der Waals surface area contributed by atoms with Gasteiger partial charge in [-0.2, -0.15) is 0 Å². The molecule has 2 rings (SSSR count). The minimum Gasteiger partial charge on any atom is -0.508 e. The number of aryl methyl sites for hydroxylation is 1. The first-order valence-electron chi connectivity index (χ1n) is 6.95. The number of amides is 1. The Kier molecular flexibility index (Phi) is 5.12. The van der Waals surface area contributed by atoms with Gasteiger partial charge in [0.05, 0.1) is 12.5 Å². The highest BCUT2D eigenvalue weighted by Gasteiger charge is 2.13. The van der Waals surface area contributed by atoms with E-state index in [1.165, 1.54) is 24.3 Å². The predicted molar refractivity (Wildman–Crippen MR) is 80.9 cm³/mol. The molecule has 0 heterocycles. The molecule has 0 spiro atoms.